The van der Waals surface area contributed by atoms with Crippen LogP contribution in [0.2, 0.25) is 0 Å². The van der Waals surface area contributed by atoms with Crippen molar-refractivity contribution in [1.82, 2.24) is 15.6 Å². The van der Waals surface area contributed by atoms with Gasteiger partial charge in [0.15, 0.2) is 0 Å². The average Bonchev–Trinajstić information content (AvgIpc) is 3.80. The van der Waals surface area contributed by atoms with E-state index in [1.807, 2.05) is 6.20 Å². The minimum atomic E-state index is -0.0189. The zero-order valence-electron chi connectivity index (χ0n) is 27.0. The van der Waals surface area contributed by atoms with Gasteiger partial charge in [-0.25, -0.2) is 4.98 Å². The first kappa shape index (κ1) is 31.7. The number of anilines is 1. The summed E-state index contributed by atoms with van der Waals surface area (Å²) in [5.41, 5.74) is 4.73. The van der Waals surface area contributed by atoms with Crippen LogP contribution in [0.25, 0.3) is 10.4 Å². The number of nitrogens with zero attached hydrogens (tertiary/aromatic N) is 2. The second-order valence-electron chi connectivity index (χ2n) is 13.4. The monoisotopic (exact) mass is 628 g/mol. The number of hydrogen-bond donors (Lipinski definition) is 2. The van der Waals surface area contributed by atoms with Crippen molar-refractivity contribution in [3.63, 3.8) is 0 Å². The van der Waals surface area contributed by atoms with Gasteiger partial charge in [-0.2, -0.15) is 0 Å². The first-order valence-corrected chi connectivity index (χ1v) is 17.7. The van der Waals surface area contributed by atoms with E-state index in [1.54, 1.807) is 25.5 Å². The van der Waals surface area contributed by atoms with Crippen molar-refractivity contribution in [3.05, 3.63) is 64.8 Å². The third-order valence-corrected chi connectivity index (χ3v) is 11.3. The highest BCUT2D eigenvalue weighted by Gasteiger charge is 2.33. The van der Waals surface area contributed by atoms with E-state index in [2.05, 4.69) is 64.9 Å². The van der Waals surface area contributed by atoms with Gasteiger partial charge in [0.1, 0.15) is 5.75 Å². The zero-order valence-corrected chi connectivity index (χ0v) is 27.8. The molecule has 1 heterocycles. The van der Waals surface area contributed by atoms with Gasteiger partial charge in [-0.15, -0.1) is 11.3 Å². The van der Waals surface area contributed by atoms with Gasteiger partial charge in [-0.05, 0) is 125 Å². The third-order valence-electron chi connectivity index (χ3n) is 10.1. The Morgan fingerprint density at radius 3 is 2.40 bits per heavy atom. The summed E-state index contributed by atoms with van der Waals surface area (Å²) in [6.45, 7) is 3.20. The van der Waals surface area contributed by atoms with Crippen LogP contribution < -0.4 is 20.3 Å². The second kappa shape index (κ2) is 14.5. The summed E-state index contributed by atoms with van der Waals surface area (Å²) in [5, 5.41) is 7.30. The van der Waals surface area contributed by atoms with E-state index >= 15 is 0 Å². The Bertz CT molecular complexity index is 1470. The molecule has 8 heteroatoms. The maximum Gasteiger partial charge on any atom is 0.234 e. The number of rotatable bonds is 11. The SMILES string of the molecule is CNCC(=O)NC1CCC(C(=O)N(CC2CCC(c3ccc(OC)c(C)c3)CC2)c2cccc(-c3cnc(C4CC4)s3)c2)CC1. The molecular weight excluding hydrogens is 580 g/mol. The molecule has 2 aromatic carbocycles. The van der Waals surface area contributed by atoms with Gasteiger partial charge in [0, 0.05) is 36.3 Å². The molecular formula is C37H48N4O3S. The molecule has 0 atom stereocenters. The molecule has 0 spiro atoms. The lowest BCUT2D eigenvalue weighted by molar-refractivity contribution is -0.123. The maximum atomic E-state index is 14.3. The van der Waals surface area contributed by atoms with Crippen LogP contribution in [0, 0.1) is 18.8 Å². The molecule has 2 N–H and O–H groups in total. The van der Waals surface area contributed by atoms with Crippen LogP contribution in [0.5, 0.6) is 5.75 Å². The summed E-state index contributed by atoms with van der Waals surface area (Å²) >= 11 is 1.80. The van der Waals surface area contributed by atoms with Crippen molar-refractivity contribution in [3.8, 4) is 16.2 Å². The number of thiazole rings is 1. The molecule has 0 radical (unpaired) electrons. The van der Waals surface area contributed by atoms with E-state index in [1.165, 1.54) is 33.9 Å². The van der Waals surface area contributed by atoms with Gasteiger partial charge in [0.2, 0.25) is 11.8 Å². The summed E-state index contributed by atoms with van der Waals surface area (Å²) in [7, 11) is 3.51. The molecule has 2 amide bonds. The van der Waals surface area contributed by atoms with Crippen LogP contribution in [0.4, 0.5) is 5.69 Å². The number of carbonyl (C=O) groups is 2. The van der Waals surface area contributed by atoms with Crippen molar-refractivity contribution in [2.45, 2.75) is 89.0 Å². The van der Waals surface area contributed by atoms with E-state index in [0.717, 1.165) is 74.9 Å². The minimum Gasteiger partial charge on any atom is -0.496 e. The minimum absolute atomic E-state index is 0.0189. The summed E-state index contributed by atoms with van der Waals surface area (Å²) in [6, 6.07) is 15.3. The summed E-state index contributed by atoms with van der Waals surface area (Å²) in [4.78, 5) is 34.5. The lowest BCUT2D eigenvalue weighted by atomic mass is 9.78. The van der Waals surface area contributed by atoms with Crippen LogP contribution in [-0.4, -0.2) is 50.1 Å². The number of aromatic nitrogens is 1. The smallest absolute Gasteiger partial charge is 0.234 e. The largest absolute Gasteiger partial charge is 0.496 e. The fourth-order valence-corrected chi connectivity index (χ4v) is 8.41. The summed E-state index contributed by atoms with van der Waals surface area (Å²) in [5.74, 6) is 2.85. The number of nitrogens with one attached hydrogen (secondary N) is 2. The van der Waals surface area contributed by atoms with Crippen molar-refractivity contribution in [2.24, 2.45) is 11.8 Å². The highest BCUT2D eigenvalue weighted by Crippen LogP contribution is 2.44. The fraction of sp³-hybridized carbons (Fsp3) is 0.541. The molecule has 240 valence electrons. The fourth-order valence-electron chi connectivity index (χ4n) is 7.33. The van der Waals surface area contributed by atoms with Crippen molar-refractivity contribution >= 4 is 28.8 Å². The van der Waals surface area contributed by atoms with E-state index in [4.69, 9.17) is 9.72 Å². The third kappa shape index (κ3) is 7.78. The number of benzene rings is 2. The van der Waals surface area contributed by atoms with Crippen LogP contribution in [0.1, 0.15) is 92.2 Å². The number of hydrogen-bond acceptors (Lipinski definition) is 6. The second-order valence-corrected chi connectivity index (χ2v) is 14.5. The van der Waals surface area contributed by atoms with Crippen LogP contribution in [0.3, 0.4) is 0 Å². The Hall–Kier alpha value is -3.23. The molecule has 45 heavy (non-hydrogen) atoms. The van der Waals surface area contributed by atoms with E-state index in [-0.39, 0.29) is 23.8 Å². The quantitative estimate of drug-likeness (QED) is 0.235. The van der Waals surface area contributed by atoms with Crippen molar-refractivity contribution < 1.29 is 14.3 Å². The topological polar surface area (TPSA) is 83.6 Å². The Morgan fingerprint density at radius 1 is 0.956 bits per heavy atom. The lowest BCUT2D eigenvalue weighted by Gasteiger charge is -2.36. The summed E-state index contributed by atoms with van der Waals surface area (Å²) in [6.07, 6.45) is 12.3. The Kier molecular flexibility index (Phi) is 10.2. The predicted molar refractivity (Wildman–Crippen MR) is 182 cm³/mol. The normalized spacial score (nSPS) is 23.4. The molecule has 3 aromatic rings. The Balaban J connectivity index is 1.16. The summed E-state index contributed by atoms with van der Waals surface area (Å²) < 4.78 is 5.48. The van der Waals surface area contributed by atoms with Gasteiger partial charge in [-0.3, -0.25) is 9.59 Å². The van der Waals surface area contributed by atoms with E-state index < -0.39 is 0 Å². The Morgan fingerprint density at radius 2 is 1.71 bits per heavy atom. The van der Waals surface area contributed by atoms with E-state index in [0.29, 0.717) is 24.3 Å². The first-order chi connectivity index (χ1) is 21.9. The highest BCUT2D eigenvalue weighted by atomic mass is 32.1. The zero-order chi connectivity index (χ0) is 31.3. The molecule has 1 aromatic heterocycles. The molecule has 7 nitrogen and oxygen atoms in total. The predicted octanol–water partition coefficient (Wildman–Crippen LogP) is 7.21. The lowest BCUT2D eigenvalue weighted by Crippen LogP contribution is -2.45. The van der Waals surface area contributed by atoms with Crippen molar-refractivity contribution in [2.75, 3.05) is 32.1 Å². The van der Waals surface area contributed by atoms with Gasteiger partial charge < -0.3 is 20.3 Å². The average molecular weight is 629 g/mol. The molecule has 0 saturated heterocycles. The first-order valence-electron chi connectivity index (χ1n) is 16.9. The number of aryl methyl sites for hydroxylation is 1. The van der Waals surface area contributed by atoms with Gasteiger partial charge in [-0.1, -0.05) is 24.3 Å². The molecule has 0 aliphatic heterocycles. The number of likely N-dealkylation sites (N-methyl/N-ethyl adjacent to an activating group) is 1. The van der Waals surface area contributed by atoms with Crippen LogP contribution in [-0.2, 0) is 9.59 Å². The standard InChI is InChI=1S/C37H48N4O3S/c1-24-19-29(15-18-33(24)44-3)26-9-7-25(8-10-26)23-41(37(43)28-13-16-31(17-14-28)40-35(42)22-38-2)32-6-4-5-30(20-32)34-21-39-36(45-34)27-11-12-27/h4-6,15,18-21,25-28,31,38H,7-14,16-17,22-23H2,1-3H3,(H,40,42). The molecule has 0 unspecified atom stereocenters. The number of carbonyl (C=O) groups excluding carboxylic acids is 2. The maximum absolute atomic E-state index is 14.3. The molecule has 6 rings (SSSR count). The number of methoxy groups -OCH3 is 1. The van der Waals surface area contributed by atoms with Gasteiger partial charge in [0.25, 0.3) is 0 Å². The van der Waals surface area contributed by atoms with Crippen molar-refractivity contribution in [1.29, 1.82) is 0 Å². The number of amides is 2. The Labute approximate surface area is 272 Å². The molecule has 0 bridgehead atoms. The highest BCUT2D eigenvalue weighted by molar-refractivity contribution is 7.15. The van der Waals surface area contributed by atoms with Crippen LogP contribution >= 0.6 is 11.3 Å². The van der Waals surface area contributed by atoms with Gasteiger partial charge >= 0.3 is 0 Å². The number of ether oxygens (including phenoxy) is 1. The van der Waals surface area contributed by atoms with Crippen LogP contribution in [0.15, 0.2) is 48.7 Å². The molecule has 3 aliphatic carbocycles. The molecule has 3 fully saturated rings. The molecule has 3 aliphatic rings. The van der Waals surface area contributed by atoms with E-state index in [9.17, 15) is 9.59 Å². The molecule has 3 saturated carbocycles. The van der Waals surface area contributed by atoms with Gasteiger partial charge in [0.05, 0.1) is 23.5 Å².